The van der Waals surface area contributed by atoms with Gasteiger partial charge in [0, 0.05) is 0 Å². The van der Waals surface area contributed by atoms with Crippen LogP contribution in [0.3, 0.4) is 0 Å². The van der Waals surface area contributed by atoms with E-state index in [0.29, 0.717) is 29.8 Å². The van der Waals surface area contributed by atoms with Gasteiger partial charge >= 0.3 is 6.16 Å². The van der Waals surface area contributed by atoms with E-state index in [1.807, 2.05) is 60.7 Å². The van der Waals surface area contributed by atoms with Crippen molar-refractivity contribution in [1.82, 2.24) is 0 Å². The van der Waals surface area contributed by atoms with Gasteiger partial charge in [-0.3, -0.25) is 0 Å². The van der Waals surface area contributed by atoms with Crippen molar-refractivity contribution in [2.45, 2.75) is 120 Å². The van der Waals surface area contributed by atoms with Crippen LogP contribution < -0.4 is 0 Å². The maximum Gasteiger partial charge on any atom is 0.509 e. The van der Waals surface area contributed by atoms with Gasteiger partial charge < -0.3 is 42.7 Å². The summed E-state index contributed by atoms with van der Waals surface area (Å²) in [5.41, 5.74) is 3.05. The van der Waals surface area contributed by atoms with Gasteiger partial charge in [0.25, 0.3) is 0 Å². The lowest BCUT2D eigenvalue weighted by Crippen LogP contribution is -2.61. The van der Waals surface area contributed by atoms with Crippen LogP contribution in [-0.4, -0.2) is 81.8 Å². The van der Waals surface area contributed by atoms with E-state index in [9.17, 15) is 9.90 Å². The molecule has 258 valence electrons. The van der Waals surface area contributed by atoms with Gasteiger partial charge in [0.15, 0.2) is 32.9 Å². The van der Waals surface area contributed by atoms with E-state index in [2.05, 4.69) is 41.5 Å². The molecule has 0 spiro atoms. The van der Waals surface area contributed by atoms with Gasteiger partial charge in [-0.05, 0) is 33.8 Å². The molecule has 1 N–H and O–H groups in total. The highest BCUT2D eigenvalue weighted by Gasteiger charge is 2.56. The van der Waals surface area contributed by atoms with Gasteiger partial charge in [-0.2, -0.15) is 0 Å². The molecule has 5 rings (SSSR count). The Hall–Kier alpha value is -2.77. The van der Waals surface area contributed by atoms with Gasteiger partial charge in [0.05, 0.1) is 32.7 Å². The summed E-state index contributed by atoms with van der Waals surface area (Å²) in [6.45, 7) is 14.3. The second-order valence-electron chi connectivity index (χ2n) is 13.4. The highest BCUT2D eigenvalue weighted by Crippen LogP contribution is 2.43. The lowest BCUT2D eigenvalue weighted by molar-refractivity contribution is -0.312. The number of ether oxygens (including phenoxy) is 7. The molecule has 2 saturated heterocycles. The smallest absolute Gasteiger partial charge is 0.493 e. The van der Waals surface area contributed by atoms with Crippen LogP contribution in [-0.2, 0) is 50.8 Å². The second kappa shape index (κ2) is 16.1. The largest absolute Gasteiger partial charge is 0.509 e. The third-order valence-electron chi connectivity index (χ3n) is 9.47. The minimum absolute atomic E-state index is 0.170. The molecule has 2 aromatic carbocycles. The van der Waals surface area contributed by atoms with Crippen molar-refractivity contribution in [3.8, 4) is 0 Å². The number of rotatable bonds is 15. The highest BCUT2D eigenvalue weighted by molar-refractivity contribution is 6.77. The Morgan fingerprint density at radius 3 is 2.00 bits per heavy atom. The quantitative estimate of drug-likeness (QED) is 0.172. The third kappa shape index (κ3) is 8.27. The topological polar surface area (TPSA) is 111 Å². The Kier molecular flexibility index (Phi) is 12.2. The van der Waals surface area contributed by atoms with E-state index in [1.165, 1.54) is 0 Å². The van der Waals surface area contributed by atoms with Crippen LogP contribution in [0.15, 0.2) is 73.0 Å². The number of carbonyl (C=O) groups is 1. The summed E-state index contributed by atoms with van der Waals surface area (Å²) in [5, 5.41) is 11.4. The zero-order valence-corrected chi connectivity index (χ0v) is 29.2. The molecule has 47 heavy (non-hydrogen) atoms. The Morgan fingerprint density at radius 1 is 0.787 bits per heavy atom. The number of hydrogen-bond donors (Lipinski definition) is 1. The molecule has 2 aromatic rings. The van der Waals surface area contributed by atoms with E-state index < -0.39 is 63.5 Å². The minimum Gasteiger partial charge on any atom is -0.493 e. The van der Waals surface area contributed by atoms with Crippen LogP contribution >= 0.6 is 0 Å². The van der Waals surface area contributed by atoms with Crippen molar-refractivity contribution in [3.05, 3.63) is 84.1 Å². The van der Waals surface area contributed by atoms with Crippen LogP contribution in [0.4, 0.5) is 4.79 Å². The van der Waals surface area contributed by atoms with Crippen molar-refractivity contribution in [2.24, 2.45) is 0 Å². The van der Waals surface area contributed by atoms with Crippen LogP contribution in [0.5, 0.6) is 0 Å². The second-order valence-corrected chi connectivity index (χ2v) is 18.9. The van der Waals surface area contributed by atoms with Crippen molar-refractivity contribution in [2.75, 3.05) is 13.2 Å². The molecular formula is C36H50O10Si. The minimum atomic E-state index is -2.29. The van der Waals surface area contributed by atoms with Crippen LogP contribution in [0.2, 0.25) is 16.6 Å². The fraction of sp³-hybridized carbons (Fsp3) is 0.583. The molecular weight excluding hydrogens is 620 g/mol. The molecule has 0 aromatic heterocycles. The summed E-state index contributed by atoms with van der Waals surface area (Å²) in [4.78, 5) is 12.3. The number of fused-ring (bicyclic) bond motifs is 1. The molecule has 0 aliphatic carbocycles. The maximum atomic E-state index is 12.3. The SMILES string of the molecule is CC(C)[Si](OC[C@H]1O[C@@H](O[C@H]2[C@H](OCc3ccccc3)C=CO[C@@H]2COCc2ccccc2)[C@H](O)[C@H]2OC(=O)O[C@H]21)(C(C)C)C(C)C. The third-order valence-corrected chi connectivity index (χ3v) is 15.5. The summed E-state index contributed by atoms with van der Waals surface area (Å²) < 4.78 is 49.2. The predicted molar refractivity (Wildman–Crippen MR) is 177 cm³/mol. The van der Waals surface area contributed by atoms with Gasteiger partial charge in [-0.25, -0.2) is 4.79 Å². The molecule has 0 amide bonds. The first-order valence-electron chi connectivity index (χ1n) is 16.7. The van der Waals surface area contributed by atoms with Crippen LogP contribution in [0.25, 0.3) is 0 Å². The van der Waals surface area contributed by atoms with Gasteiger partial charge in [0.2, 0.25) is 0 Å². The first kappa shape index (κ1) is 35.5. The zero-order chi connectivity index (χ0) is 33.6. The normalized spacial score (nSPS) is 29.1. The van der Waals surface area contributed by atoms with Crippen molar-refractivity contribution in [3.63, 3.8) is 0 Å². The number of aliphatic hydroxyl groups excluding tert-OH is 1. The Balaban J connectivity index is 1.35. The first-order valence-corrected chi connectivity index (χ1v) is 18.8. The van der Waals surface area contributed by atoms with Crippen molar-refractivity contribution >= 4 is 14.5 Å². The zero-order valence-electron chi connectivity index (χ0n) is 28.2. The average molecular weight is 671 g/mol. The summed E-state index contributed by atoms with van der Waals surface area (Å²) in [6, 6.07) is 19.7. The number of benzene rings is 2. The number of carbonyl (C=O) groups excluding carboxylic acids is 1. The molecule has 8 atom stereocenters. The molecule has 0 bridgehead atoms. The monoisotopic (exact) mass is 670 g/mol. The van der Waals surface area contributed by atoms with E-state index in [1.54, 1.807) is 12.3 Å². The summed E-state index contributed by atoms with van der Waals surface area (Å²) in [6.07, 6.45) is -4.40. The first-order chi connectivity index (χ1) is 22.6. The summed E-state index contributed by atoms with van der Waals surface area (Å²) in [7, 11) is -2.29. The van der Waals surface area contributed by atoms with Crippen LogP contribution in [0, 0.1) is 0 Å². The molecule has 10 nitrogen and oxygen atoms in total. The highest BCUT2D eigenvalue weighted by atomic mass is 28.4. The maximum absolute atomic E-state index is 12.3. The summed E-state index contributed by atoms with van der Waals surface area (Å²) >= 11 is 0. The molecule has 3 aliphatic heterocycles. The number of hydrogen-bond acceptors (Lipinski definition) is 10. The average Bonchev–Trinajstić information content (AvgIpc) is 3.45. The molecule has 0 unspecified atom stereocenters. The molecule has 0 radical (unpaired) electrons. The van der Waals surface area contributed by atoms with Crippen molar-refractivity contribution in [1.29, 1.82) is 0 Å². The molecule has 2 fully saturated rings. The molecule has 11 heteroatoms. The Bertz CT molecular complexity index is 1270. The van der Waals surface area contributed by atoms with Crippen molar-refractivity contribution < 1.29 is 47.5 Å². The Morgan fingerprint density at radius 2 is 1.38 bits per heavy atom. The molecule has 0 saturated carbocycles. The lowest BCUT2D eigenvalue weighted by Gasteiger charge is -2.45. The van der Waals surface area contributed by atoms with Gasteiger partial charge in [-0.15, -0.1) is 0 Å². The van der Waals surface area contributed by atoms with Gasteiger partial charge in [0.1, 0.15) is 24.4 Å². The predicted octanol–water partition coefficient (Wildman–Crippen LogP) is 6.27. The fourth-order valence-corrected chi connectivity index (χ4v) is 12.7. The summed E-state index contributed by atoms with van der Waals surface area (Å²) in [5.74, 6) is 0. The Labute approximate surface area is 279 Å². The number of aliphatic hydroxyl groups is 1. The van der Waals surface area contributed by atoms with Gasteiger partial charge in [-0.1, -0.05) is 102 Å². The lowest BCUT2D eigenvalue weighted by atomic mass is 9.99. The van der Waals surface area contributed by atoms with E-state index in [-0.39, 0.29) is 13.2 Å². The van der Waals surface area contributed by atoms with E-state index in [0.717, 1.165) is 11.1 Å². The molecule has 3 aliphatic rings. The standard InChI is InChI=1S/C36H50O10Si/c1-23(2)47(24(3)4,25(5)6)42-22-30-33-34(46-36(38)45-33)31(37)35(43-30)44-32-28(41-20-27-15-11-8-12-16-27)17-18-40-29(32)21-39-19-26-13-9-7-10-14-26/h7-18,23-25,28-35,37H,19-22H2,1-6H3/t28-,29-,30-,31-,32+,33+,34-,35+/m1/s1. The van der Waals surface area contributed by atoms with E-state index in [4.69, 9.17) is 37.6 Å². The molecule has 3 heterocycles. The van der Waals surface area contributed by atoms with Crippen LogP contribution in [0.1, 0.15) is 52.7 Å². The fourth-order valence-electron chi connectivity index (χ4n) is 7.25. The van der Waals surface area contributed by atoms with E-state index >= 15 is 0 Å².